The van der Waals surface area contributed by atoms with E-state index in [4.69, 9.17) is 9.84 Å². The number of hydrogen-bond donors (Lipinski definition) is 2. The summed E-state index contributed by atoms with van der Waals surface area (Å²) in [7, 11) is 0. The molecule has 1 aromatic rings. The van der Waals surface area contributed by atoms with E-state index in [0.29, 0.717) is 23.8 Å². The minimum Gasteiger partial charge on any atom is -0.493 e. The number of nitrogens with zero attached hydrogens (tertiary/aromatic N) is 1. The summed E-state index contributed by atoms with van der Waals surface area (Å²) in [6.45, 7) is 3.36. The minimum absolute atomic E-state index is 0.0923. The average Bonchev–Trinajstić information content (AvgIpc) is 3.34. The third kappa shape index (κ3) is 4.72. The van der Waals surface area contributed by atoms with Crippen molar-refractivity contribution in [2.24, 2.45) is 5.92 Å². The molecule has 6 heteroatoms. The smallest absolute Gasteiger partial charge is 0.317 e. The summed E-state index contributed by atoms with van der Waals surface area (Å²) in [4.78, 5) is 25.6. The molecular formula is C19H26N2O4. The number of carboxylic acids is 1. The van der Waals surface area contributed by atoms with Gasteiger partial charge in [-0.3, -0.25) is 14.5 Å². The van der Waals surface area contributed by atoms with Gasteiger partial charge in [-0.05, 0) is 50.7 Å². The van der Waals surface area contributed by atoms with E-state index in [1.165, 1.54) is 12.8 Å². The van der Waals surface area contributed by atoms with E-state index in [9.17, 15) is 9.59 Å². The van der Waals surface area contributed by atoms with Crippen LogP contribution in [0.4, 0.5) is 0 Å². The molecule has 2 N–H and O–H groups in total. The average molecular weight is 346 g/mol. The molecule has 0 aliphatic heterocycles. The highest BCUT2D eigenvalue weighted by Gasteiger charge is 2.37. The number of nitrogens with one attached hydrogen (secondary N) is 1. The molecule has 0 heterocycles. The fourth-order valence-corrected chi connectivity index (χ4v) is 3.35. The van der Waals surface area contributed by atoms with E-state index in [1.807, 2.05) is 19.1 Å². The molecule has 0 unspecified atom stereocenters. The van der Waals surface area contributed by atoms with E-state index >= 15 is 0 Å². The van der Waals surface area contributed by atoms with Crippen molar-refractivity contribution in [3.8, 4) is 5.75 Å². The first kappa shape index (κ1) is 17.7. The molecule has 2 saturated carbocycles. The zero-order valence-corrected chi connectivity index (χ0v) is 14.6. The van der Waals surface area contributed by atoms with E-state index in [-0.39, 0.29) is 24.5 Å². The van der Waals surface area contributed by atoms with Crippen LogP contribution in [0.25, 0.3) is 0 Å². The molecule has 0 spiro atoms. The van der Waals surface area contributed by atoms with Gasteiger partial charge in [-0.2, -0.15) is 0 Å². The molecule has 2 aliphatic rings. The van der Waals surface area contributed by atoms with Crippen LogP contribution in [-0.2, 0) is 4.79 Å². The van der Waals surface area contributed by atoms with E-state index in [1.54, 1.807) is 12.1 Å². The monoisotopic (exact) mass is 346 g/mol. The highest BCUT2D eigenvalue weighted by Crippen LogP contribution is 2.34. The van der Waals surface area contributed by atoms with Crippen molar-refractivity contribution in [2.45, 2.75) is 44.7 Å². The van der Waals surface area contributed by atoms with Gasteiger partial charge >= 0.3 is 5.97 Å². The predicted octanol–water partition coefficient (Wildman–Crippen LogP) is 2.14. The van der Waals surface area contributed by atoms with E-state index in [0.717, 1.165) is 19.4 Å². The Balaban J connectivity index is 1.52. The molecule has 0 aromatic heterocycles. The van der Waals surface area contributed by atoms with Gasteiger partial charge in [0.1, 0.15) is 5.75 Å². The van der Waals surface area contributed by atoms with E-state index in [2.05, 4.69) is 10.2 Å². The second kappa shape index (κ2) is 7.87. The lowest BCUT2D eigenvalue weighted by Gasteiger charge is -2.42. The molecule has 0 atom stereocenters. The topological polar surface area (TPSA) is 78.9 Å². The molecule has 3 rings (SSSR count). The zero-order chi connectivity index (χ0) is 17.8. The van der Waals surface area contributed by atoms with Crippen LogP contribution in [0.2, 0.25) is 0 Å². The van der Waals surface area contributed by atoms with Crippen LogP contribution >= 0.6 is 0 Å². The summed E-state index contributed by atoms with van der Waals surface area (Å²) in [6, 6.07) is 7.59. The highest BCUT2D eigenvalue weighted by molar-refractivity contribution is 5.97. The Morgan fingerprint density at radius 1 is 1.28 bits per heavy atom. The normalized spacial score (nSPS) is 22.3. The number of amides is 1. The third-order valence-electron chi connectivity index (χ3n) is 4.92. The van der Waals surface area contributed by atoms with Gasteiger partial charge in [-0.1, -0.05) is 12.1 Å². The maximum atomic E-state index is 12.5. The Morgan fingerprint density at radius 3 is 2.64 bits per heavy atom. The van der Waals surface area contributed by atoms with E-state index < -0.39 is 5.97 Å². The first-order chi connectivity index (χ1) is 12.1. The Morgan fingerprint density at radius 2 is 2.00 bits per heavy atom. The summed E-state index contributed by atoms with van der Waals surface area (Å²) >= 11 is 0. The quantitative estimate of drug-likeness (QED) is 0.716. The van der Waals surface area contributed by atoms with Crippen molar-refractivity contribution in [3.63, 3.8) is 0 Å². The molecule has 0 radical (unpaired) electrons. The molecule has 25 heavy (non-hydrogen) atoms. The largest absolute Gasteiger partial charge is 0.493 e. The number of aliphatic carboxylic acids is 1. The molecular weight excluding hydrogens is 320 g/mol. The second-order valence-electron chi connectivity index (χ2n) is 6.99. The predicted molar refractivity (Wildman–Crippen MR) is 93.8 cm³/mol. The van der Waals surface area contributed by atoms with Crippen LogP contribution in [0.3, 0.4) is 0 Å². The van der Waals surface area contributed by atoms with Gasteiger partial charge in [0.25, 0.3) is 5.91 Å². The Kier molecular flexibility index (Phi) is 5.58. The first-order valence-electron chi connectivity index (χ1n) is 9.05. The molecule has 0 bridgehead atoms. The standard InChI is InChI=1S/C19H26N2O4/c1-2-25-17-6-4-3-5-16(17)19(24)20-14-9-15(10-14)21(12-18(22)23)11-13-7-8-13/h3-6,13-15H,2,7-12H2,1H3,(H,20,24)(H,22,23). The van der Waals surface area contributed by atoms with Crippen molar-refractivity contribution < 1.29 is 19.4 Å². The Bertz CT molecular complexity index is 624. The van der Waals surface area contributed by atoms with Crippen molar-refractivity contribution in [1.29, 1.82) is 0 Å². The number of carbonyl (C=O) groups excluding carboxylic acids is 1. The molecule has 0 saturated heterocycles. The third-order valence-corrected chi connectivity index (χ3v) is 4.92. The van der Waals surface area contributed by atoms with Crippen LogP contribution < -0.4 is 10.1 Å². The Labute approximate surface area is 148 Å². The zero-order valence-electron chi connectivity index (χ0n) is 14.6. The maximum Gasteiger partial charge on any atom is 0.317 e. The second-order valence-corrected chi connectivity index (χ2v) is 6.99. The molecule has 1 aromatic carbocycles. The number of carbonyl (C=O) groups is 2. The van der Waals surface area contributed by atoms with Gasteiger partial charge in [0.15, 0.2) is 0 Å². The summed E-state index contributed by atoms with van der Waals surface area (Å²) in [5, 5.41) is 12.1. The van der Waals surface area contributed by atoms with Crippen molar-refractivity contribution in [2.75, 3.05) is 19.7 Å². The van der Waals surface area contributed by atoms with Gasteiger partial charge in [-0.15, -0.1) is 0 Å². The fraction of sp³-hybridized carbons (Fsp3) is 0.579. The summed E-state index contributed by atoms with van der Waals surface area (Å²) in [5.74, 6) is 0.351. The number of carboxylic acid groups (broad SMARTS) is 1. The fourth-order valence-electron chi connectivity index (χ4n) is 3.35. The summed E-state index contributed by atoms with van der Waals surface area (Å²) in [6.07, 6.45) is 4.03. The maximum absolute atomic E-state index is 12.5. The minimum atomic E-state index is -0.779. The van der Waals surface area contributed by atoms with Crippen LogP contribution in [-0.4, -0.2) is 53.7 Å². The highest BCUT2D eigenvalue weighted by atomic mass is 16.5. The number of ether oxygens (including phenoxy) is 1. The SMILES string of the molecule is CCOc1ccccc1C(=O)NC1CC(N(CC(=O)O)CC2CC2)C1. The number of para-hydroxylation sites is 1. The van der Waals surface area contributed by atoms with Crippen LogP contribution in [0.5, 0.6) is 5.75 Å². The van der Waals surface area contributed by atoms with Crippen LogP contribution in [0.15, 0.2) is 24.3 Å². The van der Waals surface area contributed by atoms with Crippen molar-refractivity contribution >= 4 is 11.9 Å². The van der Waals surface area contributed by atoms with Gasteiger partial charge in [0, 0.05) is 18.6 Å². The molecule has 2 aliphatic carbocycles. The summed E-state index contributed by atoms with van der Waals surface area (Å²) in [5.41, 5.74) is 0.549. The van der Waals surface area contributed by atoms with Crippen molar-refractivity contribution in [3.05, 3.63) is 29.8 Å². The van der Waals surface area contributed by atoms with Gasteiger partial charge in [0.2, 0.25) is 0 Å². The number of hydrogen-bond acceptors (Lipinski definition) is 4. The number of benzene rings is 1. The van der Waals surface area contributed by atoms with Crippen LogP contribution in [0.1, 0.15) is 43.0 Å². The Hall–Kier alpha value is -2.08. The van der Waals surface area contributed by atoms with Crippen LogP contribution in [0, 0.1) is 5.92 Å². The first-order valence-corrected chi connectivity index (χ1v) is 9.05. The van der Waals surface area contributed by atoms with Crippen molar-refractivity contribution in [1.82, 2.24) is 10.2 Å². The molecule has 136 valence electrons. The lowest BCUT2D eigenvalue weighted by atomic mass is 9.85. The number of rotatable bonds is 9. The van der Waals surface area contributed by atoms with Gasteiger partial charge in [0.05, 0.1) is 18.7 Å². The molecule has 6 nitrogen and oxygen atoms in total. The van der Waals surface area contributed by atoms with Gasteiger partial charge in [-0.25, -0.2) is 0 Å². The van der Waals surface area contributed by atoms with Gasteiger partial charge < -0.3 is 15.2 Å². The summed E-state index contributed by atoms with van der Waals surface area (Å²) < 4.78 is 5.51. The molecule has 2 fully saturated rings. The lowest BCUT2D eigenvalue weighted by Crippen LogP contribution is -2.55. The lowest BCUT2D eigenvalue weighted by molar-refractivity contribution is -0.139. The molecule has 1 amide bonds.